The number of carbonyl (C=O) groups is 1. The highest BCUT2D eigenvalue weighted by atomic mass is 32.3. The van der Waals surface area contributed by atoms with Gasteiger partial charge in [-0.3, -0.25) is 4.79 Å². The topological polar surface area (TPSA) is 139 Å². The van der Waals surface area contributed by atoms with Crippen LogP contribution in [0.4, 0.5) is 26.6 Å². The zero-order chi connectivity index (χ0) is 23.2. The molecule has 160 valence electrons. The van der Waals surface area contributed by atoms with E-state index in [1.807, 2.05) is 13.8 Å². The Kier molecular flexibility index (Phi) is 7.40. The van der Waals surface area contributed by atoms with Crippen LogP contribution >= 0.6 is 0 Å². The molecular weight excluding hydrogens is 423 g/mol. The van der Waals surface area contributed by atoms with Gasteiger partial charge >= 0.3 is 10.2 Å². The number of rotatable bonds is 7. The normalized spacial score (nSPS) is 11.0. The summed E-state index contributed by atoms with van der Waals surface area (Å²) in [6.45, 7) is 6.81. The Labute approximate surface area is 179 Å². The molecule has 1 amide bonds. The van der Waals surface area contributed by atoms with Gasteiger partial charge in [0, 0.05) is 25.7 Å². The molecule has 0 aliphatic heterocycles. The van der Waals surface area contributed by atoms with Crippen LogP contribution < -0.4 is 10.2 Å². The second kappa shape index (κ2) is 9.78. The monoisotopic (exact) mass is 442 g/mol. The minimum atomic E-state index is -5.12. The smallest absolute Gasteiger partial charge is 0.332 e. The summed E-state index contributed by atoms with van der Waals surface area (Å²) < 4.78 is 35.6. The van der Waals surface area contributed by atoms with Gasteiger partial charge in [0.15, 0.2) is 0 Å². The molecule has 0 aromatic heterocycles. The number of azo groups is 1. The summed E-state index contributed by atoms with van der Waals surface area (Å²) in [5.74, 6) is -0.332. The van der Waals surface area contributed by atoms with E-state index in [2.05, 4.69) is 20.4 Å². The minimum Gasteiger partial charge on any atom is -0.372 e. The van der Waals surface area contributed by atoms with Crippen molar-refractivity contribution in [1.29, 1.82) is 10.5 Å². The van der Waals surface area contributed by atoms with Gasteiger partial charge in [0.1, 0.15) is 28.4 Å². The molecule has 0 atom stereocenters. The number of hydrogen-bond donors (Lipinski definition) is 1. The lowest BCUT2D eigenvalue weighted by molar-refractivity contribution is -0.114. The fourth-order valence-electron chi connectivity index (χ4n) is 2.82. The Morgan fingerprint density at radius 1 is 1.10 bits per heavy atom. The van der Waals surface area contributed by atoms with Gasteiger partial charge in [0.25, 0.3) is 0 Å². The van der Waals surface area contributed by atoms with Gasteiger partial charge in [-0.1, -0.05) is 0 Å². The maximum absolute atomic E-state index is 13.3. The molecule has 0 saturated heterocycles. The summed E-state index contributed by atoms with van der Waals surface area (Å²) in [6.07, 6.45) is 0. The number of amides is 1. The lowest BCUT2D eigenvalue weighted by Gasteiger charge is -2.22. The van der Waals surface area contributed by atoms with E-state index in [1.165, 1.54) is 6.92 Å². The van der Waals surface area contributed by atoms with Crippen LogP contribution in [0.5, 0.6) is 0 Å². The van der Waals surface area contributed by atoms with E-state index in [-0.39, 0.29) is 28.4 Å². The maximum Gasteiger partial charge on any atom is 0.332 e. The molecule has 0 saturated carbocycles. The van der Waals surface area contributed by atoms with Crippen molar-refractivity contribution in [2.45, 2.75) is 25.7 Å². The summed E-state index contributed by atoms with van der Waals surface area (Å²) in [4.78, 5) is 12.9. The Morgan fingerprint density at radius 2 is 1.68 bits per heavy atom. The average Bonchev–Trinajstić information content (AvgIpc) is 2.72. The van der Waals surface area contributed by atoms with Gasteiger partial charge in [-0.15, -0.1) is 14.1 Å². The number of nitrogens with zero attached hydrogens (tertiary/aromatic N) is 5. The molecule has 2 aromatic rings. The van der Waals surface area contributed by atoms with E-state index in [0.717, 1.165) is 30.9 Å². The van der Waals surface area contributed by atoms with E-state index in [9.17, 15) is 27.6 Å². The van der Waals surface area contributed by atoms with E-state index < -0.39 is 15.1 Å². The molecule has 0 heterocycles. The van der Waals surface area contributed by atoms with Crippen LogP contribution in [-0.4, -0.2) is 27.4 Å². The number of hydrogen-bond acceptors (Lipinski definition) is 8. The largest absolute Gasteiger partial charge is 0.372 e. The summed E-state index contributed by atoms with van der Waals surface area (Å²) in [5.41, 5.74) is 0.584. The van der Waals surface area contributed by atoms with Crippen LogP contribution in [0.1, 0.15) is 31.9 Å². The maximum atomic E-state index is 13.3. The van der Waals surface area contributed by atoms with Gasteiger partial charge in [-0.05, 0) is 44.2 Å². The summed E-state index contributed by atoms with van der Waals surface area (Å²) in [5, 5.41) is 29.2. The molecule has 0 aliphatic carbocycles. The van der Waals surface area contributed by atoms with Gasteiger partial charge in [-0.2, -0.15) is 18.9 Å². The molecule has 0 bridgehead atoms. The first-order valence-electron chi connectivity index (χ1n) is 9.15. The van der Waals surface area contributed by atoms with Crippen molar-refractivity contribution in [2.24, 2.45) is 10.2 Å². The third-order valence-electron chi connectivity index (χ3n) is 4.28. The molecule has 11 heteroatoms. The van der Waals surface area contributed by atoms with Crippen molar-refractivity contribution in [3.05, 3.63) is 41.5 Å². The van der Waals surface area contributed by atoms with Crippen molar-refractivity contribution in [2.75, 3.05) is 23.3 Å². The highest BCUT2D eigenvalue weighted by Gasteiger charge is 2.19. The second-order valence-electron chi connectivity index (χ2n) is 6.28. The lowest BCUT2D eigenvalue weighted by atomic mass is 10.1. The molecule has 2 aromatic carbocycles. The number of halogens is 1. The molecular formula is C20H19FN6O3S. The predicted octanol–water partition coefficient (Wildman–Crippen LogP) is 4.31. The first kappa shape index (κ1) is 23.4. The fraction of sp³-hybridized carbons (Fsp3) is 0.250. The fourth-order valence-corrected chi connectivity index (χ4v) is 3.33. The second-order valence-corrected chi connectivity index (χ2v) is 7.63. The Balaban J connectivity index is 2.60. The van der Waals surface area contributed by atoms with E-state index >= 15 is 0 Å². The molecule has 9 nitrogen and oxygen atoms in total. The van der Waals surface area contributed by atoms with Crippen LogP contribution in [0, 0.1) is 22.7 Å². The van der Waals surface area contributed by atoms with Crippen LogP contribution in [-0.2, 0) is 15.0 Å². The molecule has 0 aliphatic rings. The van der Waals surface area contributed by atoms with Gasteiger partial charge < -0.3 is 10.2 Å². The third kappa shape index (κ3) is 5.62. The quantitative estimate of drug-likeness (QED) is 0.501. The summed E-state index contributed by atoms with van der Waals surface area (Å²) in [7, 11) is -5.12. The number of anilines is 2. The zero-order valence-corrected chi connectivity index (χ0v) is 17.9. The molecule has 0 radical (unpaired) electrons. The Bertz CT molecular complexity index is 1190. The van der Waals surface area contributed by atoms with Crippen molar-refractivity contribution in [3.8, 4) is 12.1 Å². The van der Waals surface area contributed by atoms with Gasteiger partial charge in [0.05, 0.1) is 16.8 Å². The first-order chi connectivity index (χ1) is 14.6. The Hall–Kier alpha value is -3.83. The number of nitrogens with one attached hydrogen (secondary N) is 1. The molecule has 1 N–H and O–H groups in total. The molecule has 0 unspecified atom stereocenters. The van der Waals surface area contributed by atoms with Crippen molar-refractivity contribution < 1.29 is 17.1 Å². The zero-order valence-electron chi connectivity index (χ0n) is 17.0. The van der Waals surface area contributed by atoms with Crippen molar-refractivity contribution in [3.63, 3.8) is 0 Å². The lowest BCUT2D eigenvalue weighted by Crippen LogP contribution is -2.21. The summed E-state index contributed by atoms with van der Waals surface area (Å²) >= 11 is 0. The van der Waals surface area contributed by atoms with Crippen LogP contribution in [0.25, 0.3) is 0 Å². The highest BCUT2D eigenvalue weighted by Crippen LogP contribution is 2.34. The first-order valence-corrected chi connectivity index (χ1v) is 10.5. The molecule has 0 fully saturated rings. The van der Waals surface area contributed by atoms with Crippen LogP contribution in [0.15, 0.2) is 45.5 Å². The average molecular weight is 442 g/mol. The van der Waals surface area contributed by atoms with Crippen LogP contribution in [0.2, 0.25) is 0 Å². The van der Waals surface area contributed by atoms with E-state index in [0.29, 0.717) is 5.69 Å². The molecule has 0 spiro atoms. The predicted molar refractivity (Wildman–Crippen MR) is 113 cm³/mol. The van der Waals surface area contributed by atoms with Crippen LogP contribution in [0.3, 0.4) is 0 Å². The standard InChI is InChI=1S/C20H19FN6O3S/c1-4-27(5-2)16-6-7-18(19(10-16)24-13(3)28)25-26-20-14(11-22)8-17(31(21,29)30)9-15(20)12-23/h6-10H,4-5H2,1-3H3,(H,24,28). The Morgan fingerprint density at radius 3 is 2.13 bits per heavy atom. The number of carbonyl (C=O) groups excluding carboxylic acids is 1. The number of nitriles is 2. The van der Waals surface area contributed by atoms with E-state index in [1.54, 1.807) is 30.3 Å². The minimum absolute atomic E-state index is 0.209. The molecule has 31 heavy (non-hydrogen) atoms. The summed E-state index contributed by atoms with van der Waals surface area (Å²) in [6, 6.07) is 10.1. The van der Waals surface area contributed by atoms with E-state index in [4.69, 9.17) is 0 Å². The van der Waals surface area contributed by atoms with Crippen molar-refractivity contribution >= 4 is 38.9 Å². The van der Waals surface area contributed by atoms with Gasteiger partial charge in [0.2, 0.25) is 5.91 Å². The highest BCUT2D eigenvalue weighted by molar-refractivity contribution is 7.86. The molecule has 2 rings (SSSR count). The third-order valence-corrected chi connectivity index (χ3v) is 5.08. The van der Waals surface area contributed by atoms with Gasteiger partial charge in [-0.25, -0.2) is 0 Å². The SMILES string of the molecule is CCN(CC)c1ccc(N=Nc2c(C#N)cc(S(=O)(=O)F)cc2C#N)c(NC(C)=O)c1. The van der Waals surface area contributed by atoms with Crippen molar-refractivity contribution in [1.82, 2.24) is 0 Å². The number of benzene rings is 2.